The van der Waals surface area contributed by atoms with Gasteiger partial charge in [0.2, 0.25) is 0 Å². The van der Waals surface area contributed by atoms with Crippen LogP contribution < -0.4 is 10.2 Å². The molecular formula is C28H36N2O5. The first-order valence-electron chi connectivity index (χ1n) is 11.9. The second kappa shape index (κ2) is 10.9. The number of carbonyl (C=O) groups excluding carboxylic acids is 1. The predicted molar refractivity (Wildman–Crippen MR) is 140 cm³/mol. The minimum Gasteiger partial charge on any atom is -0.508 e. The Bertz CT molecular complexity index is 1150. The Kier molecular flexibility index (Phi) is 8.12. The molecule has 1 heterocycles. The number of amides is 1. The summed E-state index contributed by atoms with van der Waals surface area (Å²) in [4.78, 5) is 14.9. The zero-order valence-corrected chi connectivity index (χ0v) is 21.2. The van der Waals surface area contributed by atoms with E-state index in [4.69, 9.17) is 4.74 Å². The van der Waals surface area contributed by atoms with Crippen molar-refractivity contribution >= 4 is 23.0 Å². The van der Waals surface area contributed by atoms with Crippen molar-refractivity contribution in [3.63, 3.8) is 0 Å². The van der Waals surface area contributed by atoms with E-state index in [0.717, 1.165) is 18.4 Å². The first kappa shape index (κ1) is 26.2. The van der Waals surface area contributed by atoms with E-state index >= 15 is 0 Å². The normalized spacial score (nSPS) is 13.6. The van der Waals surface area contributed by atoms with Crippen molar-refractivity contribution in [1.29, 1.82) is 0 Å². The van der Waals surface area contributed by atoms with E-state index in [1.807, 2.05) is 13.0 Å². The van der Waals surface area contributed by atoms with E-state index in [-0.39, 0.29) is 52.2 Å². The number of carbonyl (C=O) groups is 1. The second-order valence-electron chi connectivity index (χ2n) is 9.83. The highest BCUT2D eigenvalue weighted by Crippen LogP contribution is 2.45. The lowest BCUT2D eigenvalue weighted by Gasteiger charge is -2.25. The van der Waals surface area contributed by atoms with Crippen molar-refractivity contribution in [2.45, 2.75) is 59.5 Å². The summed E-state index contributed by atoms with van der Waals surface area (Å²) in [5.74, 6) is -0.848. The molecule has 7 heteroatoms. The zero-order chi connectivity index (χ0) is 25.8. The van der Waals surface area contributed by atoms with E-state index < -0.39 is 0 Å². The van der Waals surface area contributed by atoms with Gasteiger partial charge in [0.1, 0.15) is 22.9 Å². The van der Waals surface area contributed by atoms with E-state index in [1.54, 1.807) is 12.1 Å². The number of para-hydroxylation sites is 1. The number of hydrogen-bond donors (Lipinski definition) is 4. The molecule has 0 aliphatic carbocycles. The first-order valence-corrected chi connectivity index (χ1v) is 11.9. The molecule has 3 rings (SSSR count). The lowest BCUT2D eigenvalue weighted by Crippen LogP contribution is -2.30. The number of ether oxygens (including phenoxy) is 1. The molecule has 35 heavy (non-hydrogen) atoms. The highest BCUT2D eigenvalue weighted by molar-refractivity contribution is 6.15. The zero-order valence-electron chi connectivity index (χ0n) is 21.2. The Hall–Kier alpha value is -3.45. The number of anilines is 3. The number of rotatable bonds is 9. The maximum atomic E-state index is 13.4. The number of nitrogens with zero attached hydrogens (tertiary/aromatic N) is 1. The molecule has 0 saturated carbocycles. The highest BCUT2D eigenvalue weighted by Gasteiger charge is 2.30. The van der Waals surface area contributed by atoms with Gasteiger partial charge in [-0.25, -0.2) is 0 Å². The summed E-state index contributed by atoms with van der Waals surface area (Å²) in [7, 11) is 0. The van der Waals surface area contributed by atoms with E-state index in [9.17, 15) is 20.1 Å². The molecule has 0 radical (unpaired) electrons. The fourth-order valence-corrected chi connectivity index (χ4v) is 3.97. The number of aromatic hydroxyl groups is 3. The number of hydrogen-bond acceptors (Lipinski definition) is 6. The molecule has 0 fully saturated rings. The average Bonchev–Trinajstić information content (AvgIpc) is 2.87. The molecule has 1 amide bonds. The highest BCUT2D eigenvalue weighted by atomic mass is 16.5. The molecule has 1 aliphatic heterocycles. The van der Waals surface area contributed by atoms with Crippen molar-refractivity contribution in [3.8, 4) is 17.2 Å². The van der Waals surface area contributed by atoms with Crippen LogP contribution in [0.1, 0.15) is 64.2 Å². The Morgan fingerprint density at radius 3 is 2.51 bits per heavy atom. The Balaban J connectivity index is 1.76. The molecule has 0 spiro atoms. The fourth-order valence-electron chi connectivity index (χ4n) is 3.97. The Morgan fingerprint density at radius 2 is 1.80 bits per heavy atom. The summed E-state index contributed by atoms with van der Waals surface area (Å²) < 4.78 is 6.11. The number of allylic oxidation sites excluding steroid dienone is 2. The van der Waals surface area contributed by atoms with E-state index in [1.165, 1.54) is 28.7 Å². The van der Waals surface area contributed by atoms with Crippen LogP contribution in [0.25, 0.3) is 0 Å². The molecule has 7 nitrogen and oxygen atoms in total. The van der Waals surface area contributed by atoms with E-state index in [2.05, 4.69) is 39.1 Å². The third-order valence-corrected chi connectivity index (χ3v) is 6.05. The van der Waals surface area contributed by atoms with Crippen molar-refractivity contribution in [3.05, 3.63) is 59.2 Å². The molecule has 0 bridgehead atoms. The number of benzene rings is 2. The average molecular weight is 481 g/mol. The van der Waals surface area contributed by atoms with Gasteiger partial charge in [0.15, 0.2) is 0 Å². The quantitative estimate of drug-likeness (QED) is 0.189. The van der Waals surface area contributed by atoms with Crippen molar-refractivity contribution in [1.82, 2.24) is 0 Å². The maximum absolute atomic E-state index is 13.4. The van der Waals surface area contributed by atoms with Crippen LogP contribution in [0, 0.1) is 0 Å². The summed E-state index contributed by atoms with van der Waals surface area (Å²) in [5, 5.41) is 33.9. The Morgan fingerprint density at radius 1 is 1.06 bits per heavy atom. The van der Waals surface area contributed by atoms with Gasteiger partial charge in [-0.2, -0.15) is 0 Å². The van der Waals surface area contributed by atoms with Crippen molar-refractivity contribution < 1.29 is 24.9 Å². The fraction of sp³-hybridized carbons (Fsp3) is 0.393. The number of phenols is 3. The van der Waals surface area contributed by atoms with Gasteiger partial charge >= 0.3 is 0 Å². The third kappa shape index (κ3) is 6.57. The van der Waals surface area contributed by atoms with Gasteiger partial charge in [0.25, 0.3) is 5.91 Å². The minimum absolute atomic E-state index is 0.104. The lowest BCUT2D eigenvalue weighted by molar-refractivity contribution is -0.0210. The van der Waals surface area contributed by atoms with Crippen LogP contribution in [-0.2, 0) is 4.74 Å². The summed E-state index contributed by atoms with van der Waals surface area (Å²) in [6.45, 7) is 11.1. The summed E-state index contributed by atoms with van der Waals surface area (Å²) >= 11 is 0. The van der Waals surface area contributed by atoms with Gasteiger partial charge < -0.3 is 30.3 Å². The summed E-state index contributed by atoms with van der Waals surface area (Å²) in [6.07, 6.45) is 6.78. The molecule has 4 N–H and O–H groups in total. The molecule has 1 aliphatic rings. The molecule has 0 unspecified atom stereocenters. The number of fused-ring (bicyclic) bond motifs is 2. The van der Waals surface area contributed by atoms with Crippen LogP contribution in [-0.4, -0.2) is 40.0 Å². The Labute approximate surface area is 207 Å². The smallest absolute Gasteiger partial charge is 0.260 e. The SMILES string of the molecule is CC(C)=CCCC(C)(C)OCC/C(C)=C/CN1C(=O)c2cccc(O)c2Nc2c(O)cc(O)cc21. The van der Waals surface area contributed by atoms with Gasteiger partial charge in [-0.15, -0.1) is 0 Å². The van der Waals surface area contributed by atoms with Gasteiger partial charge in [-0.3, -0.25) is 4.79 Å². The maximum Gasteiger partial charge on any atom is 0.260 e. The molecule has 0 saturated heterocycles. The van der Waals surface area contributed by atoms with Gasteiger partial charge in [-0.1, -0.05) is 29.4 Å². The largest absolute Gasteiger partial charge is 0.508 e. The molecule has 0 aromatic heterocycles. The summed E-state index contributed by atoms with van der Waals surface area (Å²) in [6, 6.07) is 7.29. The third-order valence-electron chi connectivity index (χ3n) is 6.05. The topological polar surface area (TPSA) is 102 Å². The van der Waals surface area contributed by atoms with E-state index in [0.29, 0.717) is 18.7 Å². The molecule has 188 valence electrons. The van der Waals surface area contributed by atoms with Crippen LogP contribution in [0.2, 0.25) is 0 Å². The first-order chi connectivity index (χ1) is 16.5. The second-order valence-corrected chi connectivity index (χ2v) is 9.83. The molecule has 0 atom stereocenters. The minimum atomic E-state index is -0.354. The van der Waals surface area contributed by atoms with Crippen molar-refractivity contribution in [2.24, 2.45) is 0 Å². The van der Waals surface area contributed by atoms with Crippen LogP contribution in [0.5, 0.6) is 17.2 Å². The van der Waals surface area contributed by atoms with Gasteiger partial charge in [0.05, 0.1) is 29.1 Å². The molecule has 2 aromatic rings. The predicted octanol–water partition coefficient (Wildman–Crippen LogP) is 6.39. The van der Waals surface area contributed by atoms with Crippen LogP contribution >= 0.6 is 0 Å². The lowest BCUT2D eigenvalue weighted by atomic mass is 10.0. The van der Waals surface area contributed by atoms with Crippen LogP contribution in [0.4, 0.5) is 17.1 Å². The van der Waals surface area contributed by atoms with Crippen LogP contribution in [0.15, 0.2) is 53.6 Å². The summed E-state index contributed by atoms with van der Waals surface area (Å²) in [5.41, 5.74) is 3.18. The molecular weight excluding hydrogens is 444 g/mol. The van der Waals surface area contributed by atoms with Gasteiger partial charge in [-0.05, 0) is 66.0 Å². The number of nitrogens with one attached hydrogen (secondary N) is 1. The van der Waals surface area contributed by atoms with Gasteiger partial charge in [0, 0.05) is 18.7 Å². The monoisotopic (exact) mass is 480 g/mol. The number of phenolic OH excluding ortho intramolecular Hbond substituents is 3. The standard InChI is InChI=1S/C28H36N2O5/c1-18(2)8-7-13-28(4,5)35-15-12-19(3)11-14-30-22-16-20(31)17-24(33)26(22)29-25-21(27(30)34)9-6-10-23(25)32/h6,8-11,16-17,29,31-33H,7,12-15H2,1-5H3/b19-11+. The molecule has 2 aromatic carbocycles. The van der Waals surface area contributed by atoms with Crippen molar-refractivity contribution in [2.75, 3.05) is 23.4 Å². The van der Waals surface area contributed by atoms with Crippen LogP contribution in [0.3, 0.4) is 0 Å².